The summed E-state index contributed by atoms with van der Waals surface area (Å²) >= 11 is 5.40. The molecule has 0 radical (unpaired) electrons. The molecule has 3 nitrogen and oxygen atoms in total. The predicted molar refractivity (Wildman–Crippen MR) is 41.6 cm³/mol. The van der Waals surface area contributed by atoms with Crippen molar-refractivity contribution in [2.24, 2.45) is 0 Å². The minimum Gasteiger partial charge on any atom is -0.870 e. The van der Waals surface area contributed by atoms with Crippen molar-refractivity contribution in [1.82, 2.24) is 0 Å². The van der Waals surface area contributed by atoms with E-state index in [1.165, 1.54) is 0 Å². The van der Waals surface area contributed by atoms with Crippen LogP contribution in [0.5, 0.6) is 0 Å². The number of hydrogen-bond donors (Lipinski definition) is 1. The molecule has 2 N–H and O–H groups in total. The van der Waals surface area contributed by atoms with Crippen LogP contribution in [0, 0.1) is 0 Å². The van der Waals surface area contributed by atoms with E-state index in [-0.39, 0.29) is 11.6 Å². The molecule has 0 aromatic heterocycles. The fourth-order valence-corrected chi connectivity index (χ4v) is 0.779. The van der Waals surface area contributed by atoms with Gasteiger partial charge in [-0.3, -0.25) is 0 Å². The number of quaternary nitrogens is 1. The molecule has 0 rings (SSSR count). The van der Waals surface area contributed by atoms with Crippen LogP contribution >= 0.6 is 11.6 Å². The van der Waals surface area contributed by atoms with E-state index < -0.39 is 0 Å². The highest BCUT2D eigenvalue weighted by Crippen LogP contribution is 1.95. The van der Waals surface area contributed by atoms with Crippen molar-refractivity contribution in [2.45, 2.75) is 6.10 Å². The molecule has 0 aliphatic heterocycles. The van der Waals surface area contributed by atoms with Gasteiger partial charge in [0.05, 0.1) is 27.0 Å². The van der Waals surface area contributed by atoms with E-state index in [1.807, 2.05) is 21.1 Å². The molecule has 0 saturated heterocycles. The van der Waals surface area contributed by atoms with E-state index in [1.54, 1.807) is 0 Å². The Labute approximate surface area is 67.1 Å². The number of alkyl halides is 1. The summed E-state index contributed by atoms with van der Waals surface area (Å²) in [6.07, 6.45) is -0.369. The fraction of sp³-hybridized carbons (Fsp3) is 1.00. The second-order valence-corrected chi connectivity index (χ2v) is 3.59. The normalized spacial score (nSPS) is 14.1. The number of halogens is 1. The number of aliphatic hydroxyl groups is 1. The van der Waals surface area contributed by atoms with E-state index >= 15 is 0 Å². The molecule has 0 aromatic rings. The Morgan fingerprint density at radius 1 is 1.40 bits per heavy atom. The first-order chi connectivity index (χ1) is 3.95. The van der Waals surface area contributed by atoms with Gasteiger partial charge in [0, 0.05) is 0 Å². The number of likely N-dealkylation sites (N-methyl/N-ethyl adjacent to an activating group) is 1. The van der Waals surface area contributed by atoms with Crippen molar-refractivity contribution in [3.63, 3.8) is 0 Å². The summed E-state index contributed by atoms with van der Waals surface area (Å²) in [6, 6.07) is 0. The standard InChI is InChI=1S/C6H15ClNO.H2O/c1-8(2,3)5-6(9)4-7;/h6,9H,4-5H2,1-3H3;1H2/q+1;/p-1/t6-;/m1./s1. The molecule has 64 valence electrons. The summed E-state index contributed by atoms with van der Waals surface area (Å²) in [7, 11) is 6.07. The monoisotopic (exact) mass is 169 g/mol. The van der Waals surface area contributed by atoms with Crippen LogP contribution in [0.2, 0.25) is 0 Å². The van der Waals surface area contributed by atoms with Crippen LogP contribution in [0.4, 0.5) is 0 Å². The molecule has 0 fully saturated rings. The van der Waals surface area contributed by atoms with Crippen molar-refractivity contribution in [3.05, 3.63) is 0 Å². The largest absolute Gasteiger partial charge is 0.870 e. The highest BCUT2D eigenvalue weighted by atomic mass is 35.5. The quantitative estimate of drug-likeness (QED) is 0.482. The van der Waals surface area contributed by atoms with Gasteiger partial charge in [0.2, 0.25) is 0 Å². The molecule has 0 unspecified atom stereocenters. The van der Waals surface area contributed by atoms with Gasteiger partial charge in [0.1, 0.15) is 12.6 Å². The zero-order valence-corrected chi connectivity index (χ0v) is 7.47. The highest BCUT2D eigenvalue weighted by Gasteiger charge is 2.13. The van der Waals surface area contributed by atoms with Crippen LogP contribution in [0.1, 0.15) is 0 Å². The Hall–Kier alpha value is 0.170. The Kier molecular flexibility index (Phi) is 6.29. The summed E-state index contributed by atoms with van der Waals surface area (Å²) in [5, 5.41) is 9.05. The van der Waals surface area contributed by atoms with Crippen molar-refractivity contribution >= 4 is 11.6 Å². The van der Waals surface area contributed by atoms with Gasteiger partial charge in [-0.05, 0) is 0 Å². The van der Waals surface area contributed by atoms with Gasteiger partial charge in [-0.25, -0.2) is 0 Å². The number of rotatable bonds is 3. The number of hydrogen-bond acceptors (Lipinski definition) is 2. The summed E-state index contributed by atoms with van der Waals surface area (Å²) < 4.78 is 0.758. The molecule has 0 aliphatic carbocycles. The second kappa shape index (κ2) is 4.91. The minimum atomic E-state index is -0.369. The third-order valence-electron chi connectivity index (χ3n) is 0.937. The molecule has 0 aliphatic rings. The average molecular weight is 170 g/mol. The molecule has 0 heterocycles. The third kappa shape index (κ3) is 8.17. The molecule has 10 heavy (non-hydrogen) atoms. The van der Waals surface area contributed by atoms with Gasteiger partial charge in [0.15, 0.2) is 0 Å². The first-order valence-corrected chi connectivity index (χ1v) is 3.53. The lowest BCUT2D eigenvalue weighted by Gasteiger charge is -2.25. The van der Waals surface area contributed by atoms with Gasteiger partial charge >= 0.3 is 0 Å². The van der Waals surface area contributed by atoms with Gasteiger partial charge in [0.25, 0.3) is 0 Å². The third-order valence-corrected chi connectivity index (χ3v) is 1.29. The molecule has 4 heteroatoms. The number of aliphatic hydroxyl groups excluding tert-OH is 1. The van der Waals surface area contributed by atoms with Crippen LogP contribution in [0.25, 0.3) is 0 Å². The maximum atomic E-state index is 9.05. The first-order valence-electron chi connectivity index (χ1n) is 3.00. The van der Waals surface area contributed by atoms with E-state index in [0.717, 1.165) is 4.48 Å². The summed E-state index contributed by atoms with van der Waals surface area (Å²) in [5.41, 5.74) is 0. The van der Waals surface area contributed by atoms with Gasteiger partial charge in [-0.2, -0.15) is 0 Å². The topological polar surface area (TPSA) is 50.2 Å². The molecule has 1 atom stereocenters. The number of nitrogens with zero attached hydrogens (tertiary/aromatic N) is 1. The zero-order chi connectivity index (χ0) is 7.49. The second-order valence-electron chi connectivity index (χ2n) is 3.28. The van der Waals surface area contributed by atoms with E-state index in [0.29, 0.717) is 12.4 Å². The van der Waals surface area contributed by atoms with Crippen LogP contribution < -0.4 is 0 Å². The zero-order valence-electron chi connectivity index (χ0n) is 6.71. The van der Waals surface area contributed by atoms with Crippen molar-refractivity contribution in [2.75, 3.05) is 33.6 Å². The predicted octanol–water partition coefficient (Wildman–Crippen LogP) is 0.115. The smallest absolute Gasteiger partial charge is 0.116 e. The van der Waals surface area contributed by atoms with Gasteiger partial charge < -0.3 is 15.1 Å². The maximum absolute atomic E-state index is 9.05. The Balaban J connectivity index is 0. The van der Waals surface area contributed by atoms with Gasteiger partial charge in [-0.15, -0.1) is 11.6 Å². The Morgan fingerprint density at radius 2 is 1.80 bits per heavy atom. The van der Waals surface area contributed by atoms with Crippen molar-refractivity contribution in [1.29, 1.82) is 0 Å². The molecule has 0 saturated carbocycles. The SMILES string of the molecule is C[N+](C)(C)C[C@H](O)CCl.[OH-]. The van der Waals surface area contributed by atoms with E-state index in [4.69, 9.17) is 16.7 Å². The lowest BCUT2D eigenvalue weighted by atomic mass is 10.3. The van der Waals surface area contributed by atoms with Crippen LogP contribution in [-0.2, 0) is 0 Å². The summed E-state index contributed by atoms with van der Waals surface area (Å²) in [4.78, 5) is 0. The summed E-state index contributed by atoms with van der Waals surface area (Å²) in [6.45, 7) is 0.712. The highest BCUT2D eigenvalue weighted by molar-refractivity contribution is 6.18. The molecular formula is C6H16ClNO2. The van der Waals surface area contributed by atoms with Crippen molar-refractivity contribution in [3.8, 4) is 0 Å². The van der Waals surface area contributed by atoms with Crippen LogP contribution in [0.3, 0.4) is 0 Å². The first kappa shape index (κ1) is 12.8. The lowest BCUT2D eigenvalue weighted by Crippen LogP contribution is -2.41. The minimum absolute atomic E-state index is 0. The molecule has 0 amide bonds. The molecular weight excluding hydrogens is 154 g/mol. The molecule has 0 aromatic carbocycles. The molecule has 0 spiro atoms. The van der Waals surface area contributed by atoms with Gasteiger partial charge in [-0.1, -0.05) is 0 Å². The fourth-order valence-electron chi connectivity index (χ4n) is 0.681. The average Bonchev–Trinajstić information content (AvgIpc) is 1.62. The Morgan fingerprint density at radius 3 is 1.90 bits per heavy atom. The summed E-state index contributed by atoms with van der Waals surface area (Å²) in [5.74, 6) is 0.329. The van der Waals surface area contributed by atoms with Crippen molar-refractivity contribution < 1.29 is 15.1 Å². The lowest BCUT2D eigenvalue weighted by molar-refractivity contribution is -0.873. The molecule has 0 bridgehead atoms. The van der Waals surface area contributed by atoms with E-state index in [9.17, 15) is 0 Å². The van der Waals surface area contributed by atoms with Crippen LogP contribution in [-0.4, -0.2) is 54.7 Å². The Bertz CT molecular complexity index is 82.3. The maximum Gasteiger partial charge on any atom is 0.116 e. The van der Waals surface area contributed by atoms with E-state index in [2.05, 4.69) is 0 Å². The van der Waals surface area contributed by atoms with Crippen LogP contribution in [0.15, 0.2) is 0 Å².